The van der Waals surface area contributed by atoms with E-state index in [9.17, 15) is 0 Å². The second kappa shape index (κ2) is 7.62. The molecule has 0 spiro atoms. The Morgan fingerprint density at radius 1 is 1.10 bits per heavy atom. The van der Waals surface area contributed by atoms with E-state index in [2.05, 4.69) is 43.3 Å². The molecule has 4 heteroatoms. The monoisotopic (exact) mass is 290 g/mol. The molecule has 1 unspecified atom stereocenters. The van der Waals surface area contributed by atoms with Gasteiger partial charge in [0, 0.05) is 24.6 Å². The van der Waals surface area contributed by atoms with Crippen molar-refractivity contribution in [3.63, 3.8) is 0 Å². The van der Waals surface area contributed by atoms with E-state index in [1.807, 2.05) is 0 Å². The molecule has 1 heterocycles. The fourth-order valence-corrected chi connectivity index (χ4v) is 3.17. The molecule has 2 rings (SSSR count). The Balaban J connectivity index is 2.15. The molecule has 1 atom stereocenters. The van der Waals surface area contributed by atoms with Crippen molar-refractivity contribution in [3.8, 4) is 0 Å². The number of rotatable bonds is 6. The predicted molar refractivity (Wildman–Crippen MR) is 90.0 cm³/mol. The average Bonchev–Trinajstić information content (AvgIpc) is 2.52. The zero-order valence-corrected chi connectivity index (χ0v) is 14.0. The summed E-state index contributed by atoms with van der Waals surface area (Å²) in [5, 5.41) is 7.01. The predicted octanol–water partition coefficient (Wildman–Crippen LogP) is 4.16. The summed E-state index contributed by atoms with van der Waals surface area (Å²) in [5.74, 6) is 3.68. The Bertz CT molecular complexity index is 452. The maximum Gasteiger partial charge on any atom is 0.134 e. The van der Waals surface area contributed by atoms with Crippen molar-refractivity contribution in [2.45, 2.75) is 72.3 Å². The molecule has 0 bridgehead atoms. The van der Waals surface area contributed by atoms with Crippen LogP contribution in [-0.4, -0.2) is 22.6 Å². The minimum absolute atomic E-state index is 0.484. The van der Waals surface area contributed by atoms with Gasteiger partial charge in [0.2, 0.25) is 0 Å². The lowest BCUT2D eigenvalue weighted by atomic mass is 9.84. The summed E-state index contributed by atoms with van der Waals surface area (Å²) < 4.78 is 0. The van der Waals surface area contributed by atoms with Crippen molar-refractivity contribution in [2.24, 2.45) is 5.92 Å². The Morgan fingerprint density at radius 3 is 2.38 bits per heavy atom. The summed E-state index contributed by atoms with van der Waals surface area (Å²) in [7, 11) is 0. The number of aryl methyl sites for hydroxylation is 1. The number of nitrogens with zero attached hydrogens (tertiary/aromatic N) is 2. The topological polar surface area (TPSA) is 49.8 Å². The van der Waals surface area contributed by atoms with Gasteiger partial charge in [-0.15, -0.1) is 0 Å². The first kappa shape index (κ1) is 16.1. The summed E-state index contributed by atoms with van der Waals surface area (Å²) in [6.07, 6.45) is 7.72. The second-order valence-corrected chi connectivity index (χ2v) is 6.18. The molecule has 1 fully saturated rings. The first-order chi connectivity index (χ1) is 10.2. The van der Waals surface area contributed by atoms with Crippen LogP contribution in [0.1, 0.15) is 64.3 Å². The molecule has 2 N–H and O–H groups in total. The zero-order valence-electron chi connectivity index (χ0n) is 14.0. The van der Waals surface area contributed by atoms with Gasteiger partial charge in [0.1, 0.15) is 17.5 Å². The third-order valence-electron chi connectivity index (χ3n) is 4.57. The van der Waals surface area contributed by atoms with Gasteiger partial charge in [0.05, 0.1) is 0 Å². The van der Waals surface area contributed by atoms with Crippen LogP contribution in [0.4, 0.5) is 11.6 Å². The minimum atomic E-state index is 0.484. The van der Waals surface area contributed by atoms with Crippen molar-refractivity contribution in [1.82, 2.24) is 9.97 Å². The molecule has 4 nitrogen and oxygen atoms in total. The summed E-state index contributed by atoms with van der Waals surface area (Å²) in [6.45, 7) is 9.50. The SMILES string of the molecule is CCNc1nc(CC)nc(NC(C)C2CCCCC2)c1C. The van der Waals surface area contributed by atoms with Crippen LogP contribution in [0.2, 0.25) is 0 Å². The Labute approximate surface area is 129 Å². The summed E-state index contributed by atoms with van der Waals surface area (Å²) in [4.78, 5) is 9.31. The number of hydrogen-bond donors (Lipinski definition) is 2. The van der Waals surface area contributed by atoms with Gasteiger partial charge in [-0.2, -0.15) is 0 Å². The Kier molecular flexibility index (Phi) is 5.83. The molecule has 1 saturated carbocycles. The van der Waals surface area contributed by atoms with Gasteiger partial charge in [0.15, 0.2) is 0 Å². The standard InChI is InChI=1S/C17H30N4/c1-5-15-20-16(18-6-2)12(3)17(21-15)19-13(4)14-10-8-7-9-11-14/h13-14H,5-11H2,1-4H3,(H2,18,19,20,21). The molecule has 1 aliphatic rings. The maximum absolute atomic E-state index is 4.71. The number of hydrogen-bond acceptors (Lipinski definition) is 4. The van der Waals surface area contributed by atoms with Crippen LogP contribution in [0, 0.1) is 12.8 Å². The van der Waals surface area contributed by atoms with E-state index in [1.54, 1.807) is 0 Å². The zero-order chi connectivity index (χ0) is 15.2. The fraction of sp³-hybridized carbons (Fsp3) is 0.765. The van der Waals surface area contributed by atoms with Gasteiger partial charge < -0.3 is 10.6 Å². The smallest absolute Gasteiger partial charge is 0.134 e. The van der Waals surface area contributed by atoms with Crippen LogP contribution in [0.15, 0.2) is 0 Å². The summed E-state index contributed by atoms with van der Waals surface area (Å²) in [5.41, 5.74) is 1.14. The van der Waals surface area contributed by atoms with E-state index in [4.69, 9.17) is 4.98 Å². The lowest BCUT2D eigenvalue weighted by molar-refractivity contribution is 0.328. The molecule has 21 heavy (non-hydrogen) atoms. The van der Waals surface area contributed by atoms with Crippen LogP contribution in [0.3, 0.4) is 0 Å². The molecule has 1 aromatic heterocycles. The largest absolute Gasteiger partial charge is 0.370 e. The molecule has 0 aromatic carbocycles. The van der Waals surface area contributed by atoms with Crippen molar-refractivity contribution in [1.29, 1.82) is 0 Å². The van der Waals surface area contributed by atoms with Gasteiger partial charge in [-0.3, -0.25) is 0 Å². The van der Waals surface area contributed by atoms with Crippen LogP contribution in [0.25, 0.3) is 0 Å². The highest BCUT2D eigenvalue weighted by Gasteiger charge is 2.21. The number of nitrogens with one attached hydrogen (secondary N) is 2. The highest BCUT2D eigenvalue weighted by molar-refractivity contribution is 5.57. The van der Waals surface area contributed by atoms with Gasteiger partial charge in [0.25, 0.3) is 0 Å². The van der Waals surface area contributed by atoms with E-state index in [0.717, 1.165) is 41.9 Å². The average molecular weight is 290 g/mol. The normalized spacial score (nSPS) is 17.5. The van der Waals surface area contributed by atoms with Gasteiger partial charge >= 0.3 is 0 Å². The minimum Gasteiger partial charge on any atom is -0.370 e. The molecule has 0 aliphatic heterocycles. The van der Waals surface area contributed by atoms with E-state index in [1.165, 1.54) is 32.1 Å². The molecule has 0 saturated heterocycles. The van der Waals surface area contributed by atoms with Crippen LogP contribution < -0.4 is 10.6 Å². The van der Waals surface area contributed by atoms with E-state index >= 15 is 0 Å². The van der Waals surface area contributed by atoms with Crippen LogP contribution >= 0.6 is 0 Å². The van der Waals surface area contributed by atoms with Crippen LogP contribution in [0.5, 0.6) is 0 Å². The van der Waals surface area contributed by atoms with Crippen molar-refractivity contribution < 1.29 is 0 Å². The maximum atomic E-state index is 4.71. The van der Waals surface area contributed by atoms with Crippen molar-refractivity contribution >= 4 is 11.6 Å². The van der Waals surface area contributed by atoms with E-state index in [-0.39, 0.29) is 0 Å². The summed E-state index contributed by atoms with van der Waals surface area (Å²) >= 11 is 0. The highest BCUT2D eigenvalue weighted by atomic mass is 15.1. The highest BCUT2D eigenvalue weighted by Crippen LogP contribution is 2.29. The number of anilines is 2. The third kappa shape index (κ3) is 4.08. The van der Waals surface area contributed by atoms with Crippen LogP contribution in [-0.2, 0) is 6.42 Å². The van der Waals surface area contributed by atoms with E-state index in [0.29, 0.717) is 6.04 Å². The lowest BCUT2D eigenvalue weighted by Gasteiger charge is -2.29. The summed E-state index contributed by atoms with van der Waals surface area (Å²) in [6, 6.07) is 0.484. The first-order valence-electron chi connectivity index (χ1n) is 8.53. The van der Waals surface area contributed by atoms with Gasteiger partial charge in [-0.1, -0.05) is 26.2 Å². The second-order valence-electron chi connectivity index (χ2n) is 6.18. The molecule has 1 aliphatic carbocycles. The molecule has 1 aromatic rings. The van der Waals surface area contributed by atoms with Crippen molar-refractivity contribution in [3.05, 3.63) is 11.4 Å². The lowest BCUT2D eigenvalue weighted by Crippen LogP contribution is -2.28. The van der Waals surface area contributed by atoms with Gasteiger partial charge in [-0.25, -0.2) is 9.97 Å². The van der Waals surface area contributed by atoms with E-state index < -0.39 is 0 Å². The van der Waals surface area contributed by atoms with Crippen molar-refractivity contribution in [2.75, 3.05) is 17.2 Å². The molecule has 0 radical (unpaired) electrons. The number of aromatic nitrogens is 2. The molecular weight excluding hydrogens is 260 g/mol. The van der Waals surface area contributed by atoms with Gasteiger partial charge in [-0.05, 0) is 39.5 Å². The molecule has 118 valence electrons. The molecule has 0 amide bonds. The third-order valence-corrected chi connectivity index (χ3v) is 4.57. The first-order valence-corrected chi connectivity index (χ1v) is 8.53. The molecular formula is C17H30N4. The Morgan fingerprint density at radius 2 is 1.76 bits per heavy atom. The fourth-order valence-electron chi connectivity index (χ4n) is 3.17. The quantitative estimate of drug-likeness (QED) is 0.826. The Hall–Kier alpha value is -1.32.